The highest BCUT2D eigenvalue weighted by atomic mass is 79.9. The zero-order chi connectivity index (χ0) is 22.1. The summed E-state index contributed by atoms with van der Waals surface area (Å²) in [7, 11) is 0. The van der Waals surface area contributed by atoms with Crippen LogP contribution in [0.25, 0.3) is 11.3 Å². The lowest BCUT2D eigenvalue weighted by molar-refractivity contribution is -0.120. The van der Waals surface area contributed by atoms with Gasteiger partial charge in [-0.15, -0.1) is 11.3 Å². The van der Waals surface area contributed by atoms with Crippen LogP contribution in [0.15, 0.2) is 58.4 Å². The van der Waals surface area contributed by atoms with E-state index in [2.05, 4.69) is 26.2 Å². The Bertz CT molecular complexity index is 1120. The number of rotatable bonds is 6. The second-order valence-corrected chi connectivity index (χ2v) is 9.48. The molecule has 1 N–H and O–H groups in total. The summed E-state index contributed by atoms with van der Waals surface area (Å²) in [5, 5.41) is 5.09. The number of carbonyl (C=O) groups is 3. The number of hydrogen-bond donors (Lipinski definition) is 1. The Morgan fingerprint density at radius 3 is 2.26 bits per heavy atom. The number of imide groups is 1. The highest BCUT2D eigenvalue weighted by Gasteiger charge is 2.42. The SMILES string of the molecule is CC(C)C[C@H](C(=O)Nc1nc(-c2ccc(Br)cc2)cs1)N1C(=O)c2ccccc2C1=O. The maximum absolute atomic E-state index is 13.2. The summed E-state index contributed by atoms with van der Waals surface area (Å²) in [6.45, 7) is 3.90. The molecule has 0 radical (unpaired) electrons. The first-order chi connectivity index (χ1) is 14.8. The third-order valence-corrected chi connectivity index (χ3v) is 6.30. The maximum atomic E-state index is 13.2. The molecule has 3 amide bonds. The molecule has 0 saturated carbocycles. The predicted octanol–water partition coefficient (Wildman–Crippen LogP) is 5.22. The number of hydrogen-bond acceptors (Lipinski definition) is 5. The largest absolute Gasteiger partial charge is 0.300 e. The van der Waals surface area contributed by atoms with Crippen LogP contribution in [0, 0.1) is 5.92 Å². The summed E-state index contributed by atoms with van der Waals surface area (Å²) in [6.07, 6.45) is 0.363. The fourth-order valence-electron chi connectivity index (χ4n) is 3.54. The average Bonchev–Trinajstić information content (AvgIpc) is 3.30. The molecular weight excluding hydrogens is 478 g/mol. The molecule has 0 unspecified atom stereocenters. The number of amides is 3. The van der Waals surface area contributed by atoms with Crippen molar-refractivity contribution in [3.05, 3.63) is 69.5 Å². The molecule has 2 heterocycles. The van der Waals surface area contributed by atoms with Gasteiger partial charge in [0.1, 0.15) is 6.04 Å². The summed E-state index contributed by atoms with van der Waals surface area (Å²) in [5.74, 6) is -1.18. The Labute approximate surface area is 192 Å². The summed E-state index contributed by atoms with van der Waals surface area (Å²) >= 11 is 4.71. The van der Waals surface area contributed by atoms with Gasteiger partial charge in [0.25, 0.3) is 11.8 Å². The molecule has 6 nitrogen and oxygen atoms in total. The van der Waals surface area contributed by atoms with Gasteiger partial charge in [0.15, 0.2) is 5.13 Å². The third kappa shape index (κ3) is 4.31. The van der Waals surface area contributed by atoms with Crippen LogP contribution < -0.4 is 5.32 Å². The molecule has 3 aromatic rings. The van der Waals surface area contributed by atoms with Gasteiger partial charge in [-0.3, -0.25) is 19.3 Å². The van der Waals surface area contributed by atoms with Crippen LogP contribution in [0.2, 0.25) is 0 Å². The summed E-state index contributed by atoms with van der Waals surface area (Å²) in [6, 6.07) is 13.5. The second-order valence-electron chi connectivity index (χ2n) is 7.71. The number of halogens is 1. The Balaban J connectivity index is 1.57. The molecule has 2 aromatic carbocycles. The molecule has 0 bridgehead atoms. The first kappa shape index (κ1) is 21.4. The van der Waals surface area contributed by atoms with Gasteiger partial charge < -0.3 is 5.32 Å². The Morgan fingerprint density at radius 2 is 1.68 bits per heavy atom. The minimum atomic E-state index is -0.910. The highest BCUT2D eigenvalue weighted by Crippen LogP contribution is 2.29. The minimum Gasteiger partial charge on any atom is -0.300 e. The van der Waals surface area contributed by atoms with Crippen molar-refractivity contribution in [2.45, 2.75) is 26.3 Å². The Kier molecular flexibility index (Phi) is 6.02. The van der Waals surface area contributed by atoms with Gasteiger partial charge in [0.2, 0.25) is 5.91 Å². The van der Waals surface area contributed by atoms with Gasteiger partial charge >= 0.3 is 0 Å². The quantitative estimate of drug-likeness (QED) is 0.473. The molecule has 8 heteroatoms. The van der Waals surface area contributed by atoms with Crippen molar-refractivity contribution < 1.29 is 14.4 Å². The number of nitrogens with zero attached hydrogens (tertiary/aromatic N) is 2. The van der Waals surface area contributed by atoms with Gasteiger partial charge in [-0.25, -0.2) is 4.98 Å². The van der Waals surface area contributed by atoms with E-state index in [9.17, 15) is 14.4 Å². The maximum Gasteiger partial charge on any atom is 0.262 e. The van der Waals surface area contributed by atoms with Gasteiger partial charge in [-0.1, -0.05) is 54.0 Å². The first-order valence-electron chi connectivity index (χ1n) is 9.84. The van der Waals surface area contributed by atoms with Crippen molar-refractivity contribution in [2.75, 3.05) is 5.32 Å². The van der Waals surface area contributed by atoms with Crippen molar-refractivity contribution >= 4 is 50.1 Å². The first-order valence-corrected chi connectivity index (χ1v) is 11.5. The molecule has 4 rings (SSSR count). The monoisotopic (exact) mass is 497 g/mol. The molecule has 0 spiro atoms. The number of thiazole rings is 1. The van der Waals surface area contributed by atoms with Crippen molar-refractivity contribution in [3.8, 4) is 11.3 Å². The molecule has 1 aliphatic rings. The van der Waals surface area contributed by atoms with Gasteiger partial charge in [0, 0.05) is 15.4 Å². The van der Waals surface area contributed by atoms with Crippen LogP contribution in [-0.4, -0.2) is 33.6 Å². The number of aromatic nitrogens is 1. The van der Waals surface area contributed by atoms with Crippen LogP contribution >= 0.6 is 27.3 Å². The standard InChI is InChI=1S/C23H20BrN3O3S/c1-13(2)11-19(27-21(29)16-5-3-4-6-17(16)22(27)30)20(28)26-23-25-18(12-31-23)14-7-9-15(24)10-8-14/h3-10,12-13,19H,11H2,1-2H3,(H,25,26,28)/t19-/m1/s1. The van der Waals surface area contributed by atoms with E-state index in [4.69, 9.17) is 0 Å². The topological polar surface area (TPSA) is 79.4 Å². The molecule has 0 saturated heterocycles. The van der Waals surface area contributed by atoms with E-state index in [-0.39, 0.29) is 5.92 Å². The highest BCUT2D eigenvalue weighted by molar-refractivity contribution is 9.10. The molecule has 1 aromatic heterocycles. The molecule has 0 aliphatic carbocycles. The summed E-state index contributed by atoms with van der Waals surface area (Å²) in [5.41, 5.74) is 2.34. The van der Waals surface area contributed by atoms with Crippen LogP contribution in [0.4, 0.5) is 5.13 Å². The molecule has 1 atom stereocenters. The average molecular weight is 498 g/mol. The molecule has 31 heavy (non-hydrogen) atoms. The number of anilines is 1. The lowest BCUT2D eigenvalue weighted by atomic mass is 10.0. The van der Waals surface area contributed by atoms with E-state index < -0.39 is 23.8 Å². The van der Waals surface area contributed by atoms with Crippen molar-refractivity contribution in [1.29, 1.82) is 0 Å². The van der Waals surface area contributed by atoms with E-state index in [1.165, 1.54) is 11.3 Å². The van der Waals surface area contributed by atoms with Gasteiger partial charge in [0.05, 0.1) is 16.8 Å². The van der Waals surface area contributed by atoms with E-state index >= 15 is 0 Å². The van der Waals surface area contributed by atoms with Crippen LogP contribution in [0.1, 0.15) is 41.0 Å². The summed E-state index contributed by atoms with van der Waals surface area (Å²) < 4.78 is 0.970. The van der Waals surface area contributed by atoms with E-state index in [0.717, 1.165) is 20.6 Å². The normalized spacial score (nSPS) is 14.1. The number of fused-ring (bicyclic) bond motifs is 1. The predicted molar refractivity (Wildman–Crippen MR) is 124 cm³/mol. The van der Waals surface area contributed by atoms with Crippen LogP contribution in [0.5, 0.6) is 0 Å². The van der Waals surface area contributed by atoms with Gasteiger partial charge in [-0.2, -0.15) is 0 Å². The zero-order valence-electron chi connectivity index (χ0n) is 17.0. The summed E-state index contributed by atoms with van der Waals surface area (Å²) in [4.78, 5) is 44.6. The van der Waals surface area contributed by atoms with Crippen molar-refractivity contribution in [1.82, 2.24) is 9.88 Å². The van der Waals surface area contributed by atoms with E-state index in [1.807, 2.05) is 43.5 Å². The Hall–Kier alpha value is -2.84. The lowest BCUT2D eigenvalue weighted by Crippen LogP contribution is -2.47. The number of nitrogens with one attached hydrogen (secondary N) is 1. The third-order valence-electron chi connectivity index (χ3n) is 5.01. The molecule has 158 valence electrons. The second kappa shape index (κ2) is 8.72. The molecular formula is C23H20BrN3O3S. The van der Waals surface area contributed by atoms with Crippen LogP contribution in [0.3, 0.4) is 0 Å². The fourth-order valence-corrected chi connectivity index (χ4v) is 4.53. The van der Waals surface area contributed by atoms with E-state index in [0.29, 0.717) is 22.7 Å². The van der Waals surface area contributed by atoms with Gasteiger partial charge in [-0.05, 0) is 36.6 Å². The Morgan fingerprint density at radius 1 is 1.06 bits per heavy atom. The zero-order valence-corrected chi connectivity index (χ0v) is 19.4. The molecule has 1 aliphatic heterocycles. The molecule has 0 fully saturated rings. The van der Waals surface area contributed by atoms with E-state index in [1.54, 1.807) is 24.3 Å². The minimum absolute atomic E-state index is 0.106. The fraction of sp³-hybridized carbons (Fsp3) is 0.217. The van der Waals surface area contributed by atoms with Crippen molar-refractivity contribution in [3.63, 3.8) is 0 Å². The number of benzene rings is 2. The smallest absolute Gasteiger partial charge is 0.262 e. The lowest BCUT2D eigenvalue weighted by Gasteiger charge is -2.26. The number of carbonyl (C=O) groups excluding carboxylic acids is 3. The van der Waals surface area contributed by atoms with Crippen molar-refractivity contribution in [2.24, 2.45) is 5.92 Å². The van der Waals surface area contributed by atoms with Crippen LogP contribution in [-0.2, 0) is 4.79 Å².